The van der Waals surface area contributed by atoms with Crippen LogP contribution in [-0.2, 0) is 44.9 Å². The smallest absolute Gasteiger partial charge is 0.324 e. The Bertz CT molecular complexity index is 1340. The Labute approximate surface area is 221 Å². The lowest BCUT2D eigenvalue weighted by Crippen LogP contribution is -2.25. The Morgan fingerprint density at radius 3 is 2.34 bits per heavy atom. The van der Waals surface area contributed by atoms with E-state index in [2.05, 4.69) is 29.0 Å². The van der Waals surface area contributed by atoms with Crippen LogP contribution in [0.4, 0.5) is 18.9 Å². The van der Waals surface area contributed by atoms with E-state index < -0.39 is 22.0 Å². The molecule has 2 heterocycles. The molecular formula is C28H31F3N3O3S+. The summed E-state index contributed by atoms with van der Waals surface area (Å²) in [5, 5.41) is 2.87. The van der Waals surface area contributed by atoms with E-state index in [1.165, 1.54) is 12.1 Å². The fourth-order valence-electron chi connectivity index (χ4n) is 4.77. The lowest BCUT2D eigenvalue weighted by molar-refractivity contribution is -0.137. The van der Waals surface area contributed by atoms with Crippen molar-refractivity contribution >= 4 is 21.8 Å². The van der Waals surface area contributed by atoms with Gasteiger partial charge in [-0.15, -0.1) is 0 Å². The third-order valence-electron chi connectivity index (χ3n) is 6.68. The van der Waals surface area contributed by atoms with Crippen molar-refractivity contribution < 1.29 is 26.7 Å². The number of rotatable bonds is 8. The van der Waals surface area contributed by atoms with Crippen LogP contribution in [0, 0.1) is 5.92 Å². The maximum atomic E-state index is 12.9. The maximum Gasteiger partial charge on any atom is 0.416 e. The second-order valence-corrected chi connectivity index (χ2v) is 12.2. The number of aromatic nitrogens is 1. The number of nitrogens with one attached hydrogen (secondary N) is 1. The monoisotopic (exact) mass is 546 g/mol. The predicted molar refractivity (Wildman–Crippen MR) is 141 cm³/mol. The Balaban J connectivity index is 1.43. The summed E-state index contributed by atoms with van der Waals surface area (Å²) < 4.78 is 60.8. The second-order valence-electron chi connectivity index (χ2n) is 9.85. The molecule has 3 aromatic rings. The zero-order chi connectivity index (χ0) is 27.7. The minimum atomic E-state index is -4.37. The van der Waals surface area contributed by atoms with Crippen LogP contribution in [0.1, 0.15) is 54.8 Å². The molecule has 202 valence electrons. The van der Waals surface area contributed by atoms with Crippen LogP contribution in [0.25, 0.3) is 0 Å². The van der Waals surface area contributed by atoms with Gasteiger partial charge in [0, 0.05) is 13.1 Å². The number of carbonyl (C=O) groups is 1. The van der Waals surface area contributed by atoms with Crippen LogP contribution in [-0.4, -0.2) is 26.1 Å². The summed E-state index contributed by atoms with van der Waals surface area (Å²) in [5.74, 6) is 0.111. The van der Waals surface area contributed by atoms with E-state index >= 15 is 0 Å². The number of benzene rings is 2. The van der Waals surface area contributed by atoms with Crippen LogP contribution in [0.2, 0.25) is 0 Å². The first-order valence-corrected chi connectivity index (χ1v) is 14.1. The fourth-order valence-corrected chi connectivity index (χ4v) is 5.67. The predicted octanol–water partition coefficient (Wildman–Crippen LogP) is 6.35. The average Bonchev–Trinajstić information content (AvgIpc) is 3.21. The van der Waals surface area contributed by atoms with Crippen LogP contribution < -0.4 is 5.32 Å². The number of amides is 1. The first kappa shape index (κ1) is 27.9. The number of alkyl halides is 3. The molecule has 0 spiro atoms. The Hall–Kier alpha value is -3.08. The Morgan fingerprint density at radius 2 is 1.76 bits per heavy atom. The lowest BCUT2D eigenvalue weighted by atomic mass is 9.99. The van der Waals surface area contributed by atoms with Crippen molar-refractivity contribution in [3.05, 3.63) is 88.7 Å². The molecule has 1 amide bonds. The van der Waals surface area contributed by atoms with E-state index in [1.807, 2.05) is 6.07 Å². The highest BCUT2D eigenvalue weighted by molar-refractivity contribution is 7.97. The van der Waals surface area contributed by atoms with Gasteiger partial charge >= 0.3 is 6.18 Å². The summed E-state index contributed by atoms with van der Waals surface area (Å²) in [5.41, 5.74) is 3.27. The molecule has 0 fully saturated rings. The molecule has 1 aromatic heterocycles. The lowest BCUT2D eigenvalue weighted by Gasteiger charge is -2.27. The first-order valence-electron chi connectivity index (χ1n) is 12.4. The summed E-state index contributed by atoms with van der Waals surface area (Å²) in [6, 6.07) is 13.6. The molecule has 10 heteroatoms. The normalized spacial score (nSPS) is 17.3. The van der Waals surface area contributed by atoms with Gasteiger partial charge in [-0.2, -0.15) is 17.7 Å². The van der Waals surface area contributed by atoms with Gasteiger partial charge in [0.15, 0.2) is 4.90 Å². The van der Waals surface area contributed by atoms with Crippen molar-refractivity contribution in [2.45, 2.75) is 57.4 Å². The molecule has 1 aliphatic heterocycles. The van der Waals surface area contributed by atoms with E-state index in [1.54, 1.807) is 37.4 Å². The third kappa shape index (κ3) is 6.31. The maximum absolute atomic E-state index is 12.9. The van der Waals surface area contributed by atoms with Crippen molar-refractivity contribution in [3.8, 4) is 0 Å². The van der Waals surface area contributed by atoms with Gasteiger partial charge in [-0.05, 0) is 59.9 Å². The van der Waals surface area contributed by atoms with Crippen molar-refractivity contribution in [2.24, 2.45) is 5.92 Å². The van der Waals surface area contributed by atoms with Crippen LogP contribution in [0.3, 0.4) is 0 Å². The van der Waals surface area contributed by atoms with E-state index in [9.17, 15) is 26.7 Å². The minimum absolute atomic E-state index is 0.000434. The van der Waals surface area contributed by atoms with E-state index in [0.717, 1.165) is 29.0 Å². The van der Waals surface area contributed by atoms with Gasteiger partial charge in [0.05, 0.1) is 35.6 Å². The van der Waals surface area contributed by atoms with Crippen molar-refractivity contribution in [1.82, 2.24) is 9.88 Å². The summed E-state index contributed by atoms with van der Waals surface area (Å²) in [6.07, 6.45) is -2.64. The SMILES string of the molecule is CC[S+](=O)(O)c1ccc(CC(=O)Nc2cnc3c(c2)CN(Cc2ccc(C(F)(F)F)cc2)[C@H]3C(C)C)cc1. The van der Waals surface area contributed by atoms with Gasteiger partial charge in [-0.25, -0.2) is 0 Å². The summed E-state index contributed by atoms with van der Waals surface area (Å²) >= 11 is 0. The number of nitrogens with zero attached hydrogens (tertiary/aromatic N) is 2. The molecule has 2 atom stereocenters. The van der Waals surface area contributed by atoms with Gasteiger partial charge in [0.25, 0.3) is 0 Å². The molecule has 6 nitrogen and oxygen atoms in total. The van der Waals surface area contributed by atoms with Crippen molar-refractivity contribution in [2.75, 3.05) is 11.1 Å². The number of carbonyl (C=O) groups excluding carboxylic acids is 1. The number of pyridine rings is 1. The molecule has 0 saturated carbocycles. The average molecular weight is 547 g/mol. The summed E-state index contributed by atoms with van der Waals surface area (Å²) in [4.78, 5) is 19.8. The minimum Gasteiger partial charge on any atom is -0.324 e. The van der Waals surface area contributed by atoms with E-state index in [-0.39, 0.29) is 30.0 Å². The molecular weight excluding hydrogens is 515 g/mol. The van der Waals surface area contributed by atoms with Gasteiger partial charge in [-0.3, -0.25) is 14.7 Å². The van der Waals surface area contributed by atoms with Gasteiger partial charge in [-0.1, -0.05) is 42.3 Å². The highest BCUT2D eigenvalue weighted by Crippen LogP contribution is 2.39. The van der Waals surface area contributed by atoms with Gasteiger partial charge in [0.1, 0.15) is 5.75 Å². The standard InChI is InChI=1S/C28H30F3N3O3S/c1-4-38(36,37)24-11-7-19(8-12-24)13-25(35)33-23-14-21-17-34(27(18(2)3)26(21)32-15-23)16-20-5-9-22(10-6-20)28(29,30)31/h5-12,14-15,18,27H,4,13,16-17H2,1-3H3,(H-,33,35,36,37)/p+1/t27-/m0/s1. The molecule has 2 N–H and O–H groups in total. The molecule has 4 rings (SSSR count). The highest BCUT2D eigenvalue weighted by atomic mass is 32.3. The molecule has 0 saturated heterocycles. The zero-order valence-corrected chi connectivity index (χ0v) is 22.3. The van der Waals surface area contributed by atoms with E-state index in [0.29, 0.717) is 29.2 Å². The topological polar surface area (TPSA) is 82.5 Å². The summed E-state index contributed by atoms with van der Waals surface area (Å²) in [6.45, 7) is 6.85. The summed E-state index contributed by atoms with van der Waals surface area (Å²) in [7, 11) is -3.05. The molecule has 0 aliphatic carbocycles. The number of hydrogen-bond donors (Lipinski definition) is 2. The van der Waals surface area contributed by atoms with Crippen LogP contribution >= 0.6 is 0 Å². The third-order valence-corrected chi connectivity index (χ3v) is 8.47. The largest absolute Gasteiger partial charge is 0.416 e. The Morgan fingerprint density at radius 1 is 1.13 bits per heavy atom. The van der Waals surface area contributed by atoms with Gasteiger partial charge in [0.2, 0.25) is 16.1 Å². The second kappa shape index (κ2) is 11.0. The molecule has 2 aromatic carbocycles. The Kier molecular flexibility index (Phi) is 8.06. The number of hydrogen-bond acceptors (Lipinski definition) is 4. The zero-order valence-electron chi connectivity index (χ0n) is 21.5. The molecule has 0 bridgehead atoms. The van der Waals surface area contributed by atoms with Gasteiger partial charge < -0.3 is 5.32 Å². The molecule has 1 aliphatic rings. The quantitative estimate of drug-likeness (QED) is 0.322. The first-order chi connectivity index (χ1) is 17.9. The number of fused-ring (bicyclic) bond motifs is 1. The van der Waals surface area contributed by atoms with E-state index in [4.69, 9.17) is 0 Å². The van der Waals surface area contributed by atoms with Crippen molar-refractivity contribution in [3.63, 3.8) is 0 Å². The number of anilines is 1. The molecule has 38 heavy (non-hydrogen) atoms. The molecule has 0 radical (unpaired) electrons. The fraction of sp³-hybridized carbons (Fsp3) is 0.357. The molecule has 1 unspecified atom stereocenters. The van der Waals surface area contributed by atoms with Crippen LogP contribution in [0.15, 0.2) is 65.7 Å². The van der Waals surface area contributed by atoms with Crippen molar-refractivity contribution in [1.29, 1.82) is 0 Å². The van der Waals surface area contributed by atoms with Crippen LogP contribution in [0.5, 0.6) is 0 Å². The highest BCUT2D eigenvalue weighted by Gasteiger charge is 2.34. The number of halogens is 3.